The van der Waals surface area contributed by atoms with Gasteiger partial charge in [0, 0.05) is 44.0 Å². The van der Waals surface area contributed by atoms with Gasteiger partial charge in [0.15, 0.2) is 0 Å². The first-order chi connectivity index (χ1) is 14.0. The van der Waals surface area contributed by atoms with Gasteiger partial charge in [-0.25, -0.2) is 14.5 Å². The minimum Gasteiger partial charge on any atom is -0.354 e. The van der Waals surface area contributed by atoms with Gasteiger partial charge in [-0.2, -0.15) is 10.1 Å². The minimum atomic E-state index is -0.0448. The number of hydrogen-bond acceptors (Lipinski definition) is 7. The van der Waals surface area contributed by atoms with Crippen molar-refractivity contribution < 1.29 is 4.79 Å². The van der Waals surface area contributed by atoms with E-state index >= 15 is 0 Å². The van der Waals surface area contributed by atoms with Gasteiger partial charge < -0.3 is 15.1 Å². The molecule has 1 N–H and O–H groups in total. The first kappa shape index (κ1) is 19.3. The van der Waals surface area contributed by atoms with Gasteiger partial charge in [-0.15, -0.1) is 0 Å². The van der Waals surface area contributed by atoms with Crippen LogP contribution in [0.15, 0.2) is 24.7 Å². The summed E-state index contributed by atoms with van der Waals surface area (Å²) in [6.45, 7) is 7.93. The van der Waals surface area contributed by atoms with Crippen molar-refractivity contribution in [3.63, 3.8) is 0 Å². The molecule has 1 fully saturated rings. The van der Waals surface area contributed by atoms with Gasteiger partial charge >= 0.3 is 0 Å². The normalized spacial score (nSPS) is 15.1. The third kappa shape index (κ3) is 4.19. The molecule has 4 heterocycles. The number of fused-ring (bicyclic) bond motifs is 1. The molecule has 1 saturated heterocycles. The number of rotatable bonds is 5. The zero-order valence-corrected chi connectivity index (χ0v) is 17.1. The zero-order chi connectivity index (χ0) is 20.4. The Morgan fingerprint density at radius 2 is 1.93 bits per heavy atom. The van der Waals surface area contributed by atoms with E-state index in [4.69, 9.17) is 0 Å². The van der Waals surface area contributed by atoms with Crippen LogP contribution in [0.2, 0.25) is 0 Å². The summed E-state index contributed by atoms with van der Waals surface area (Å²) in [6.07, 6.45) is 4.18. The Balaban J connectivity index is 1.35. The molecule has 1 aliphatic heterocycles. The van der Waals surface area contributed by atoms with Crippen LogP contribution in [0.1, 0.15) is 23.4 Å². The van der Waals surface area contributed by atoms with Crippen molar-refractivity contribution in [2.75, 3.05) is 43.4 Å². The Bertz CT molecular complexity index is 1010. The molecule has 0 atom stereocenters. The van der Waals surface area contributed by atoms with Crippen LogP contribution < -0.4 is 10.2 Å². The molecule has 29 heavy (non-hydrogen) atoms. The van der Waals surface area contributed by atoms with Crippen LogP contribution in [0.5, 0.6) is 0 Å². The predicted octanol–water partition coefficient (Wildman–Crippen LogP) is 1.46. The van der Waals surface area contributed by atoms with E-state index in [1.54, 1.807) is 10.7 Å². The summed E-state index contributed by atoms with van der Waals surface area (Å²) in [4.78, 5) is 30.1. The molecule has 0 aromatic carbocycles. The molecule has 9 heteroatoms. The highest BCUT2D eigenvalue weighted by molar-refractivity contribution is 5.90. The lowest BCUT2D eigenvalue weighted by molar-refractivity contribution is -0.116. The number of nitrogens with zero attached hydrogens (tertiary/aromatic N) is 7. The van der Waals surface area contributed by atoms with Crippen LogP contribution in [-0.4, -0.2) is 68.6 Å². The van der Waals surface area contributed by atoms with Crippen molar-refractivity contribution in [3.8, 4) is 0 Å². The average Bonchev–Trinajstić information content (AvgIpc) is 3.18. The number of nitrogens with one attached hydrogen (secondary N) is 1. The molecule has 3 aromatic heterocycles. The first-order valence-corrected chi connectivity index (χ1v) is 9.86. The molecule has 0 saturated carbocycles. The fourth-order valence-electron chi connectivity index (χ4n) is 3.66. The number of carbonyl (C=O) groups excluding carboxylic acids is 1. The maximum atomic E-state index is 12.4. The van der Waals surface area contributed by atoms with Gasteiger partial charge in [0.1, 0.15) is 12.1 Å². The van der Waals surface area contributed by atoms with E-state index < -0.39 is 0 Å². The Kier molecular flexibility index (Phi) is 5.39. The lowest BCUT2D eigenvalue weighted by Crippen LogP contribution is -2.44. The summed E-state index contributed by atoms with van der Waals surface area (Å²) >= 11 is 0. The lowest BCUT2D eigenvalue weighted by Gasteiger charge is -2.33. The Morgan fingerprint density at radius 1 is 1.14 bits per heavy atom. The van der Waals surface area contributed by atoms with Gasteiger partial charge in [-0.05, 0) is 45.0 Å². The van der Waals surface area contributed by atoms with Crippen LogP contribution in [0, 0.1) is 13.8 Å². The molecule has 0 spiro atoms. The van der Waals surface area contributed by atoms with Crippen LogP contribution in [-0.2, 0) is 11.2 Å². The fraction of sp³-hybridized carbons (Fsp3) is 0.450. The number of pyridine rings is 1. The number of hydrogen-bond donors (Lipinski definition) is 1. The highest BCUT2D eigenvalue weighted by Crippen LogP contribution is 2.18. The molecule has 0 unspecified atom stereocenters. The van der Waals surface area contributed by atoms with E-state index in [-0.39, 0.29) is 5.91 Å². The third-order valence-electron chi connectivity index (χ3n) is 5.45. The third-order valence-corrected chi connectivity index (χ3v) is 5.45. The monoisotopic (exact) mass is 394 g/mol. The maximum absolute atomic E-state index is 12.4. The number of carbonyl (C=O) groups is 1. The highest BCUT2D eigenvalue weighted by Gasteiger charge is 2.16. The largest absolute Gasteiger partial charge is 0.354 e. The number of aromatic nitrogens is 5. The van der Waals surface area contributed by atoms with Crippen molar-refractivity contribution in [1.82, 2.24) is 29.5 Å². The van der Waals surface area contributed by atoms with Crippen molar-refractivity contribution in [3.05, 3.63) is 41.6 Å². The van der Waals surface area contributed by atoms with E-state index in [2.05, 4.69) is 42.2 Å². The molecule has 9 nitrogen and oxygen atoms in total. The summed E-state index contributed by atoms with van der Waals surface area (Å²) in [5.74, 6) is 1.49. The first-order valence-electron chi connectivity index (χ1n) is 9.86. The van der Waals surface area contributed by atoms with Crippen molar-refractivity contribution >= 4 is 23.2 Å². The molecule has 1 aliphatic rings. The van der Waals surface area contributed by atoms with Gasteiger partial charge in [0.2, 0.25) is 5.91 Å². The molecule has 4 rings (SSSR count). The molecule has 0 bridgehead atoms. The molecule has 0 radical (unpaired) electrons. The molecule has 152 valence electrons. The number of likely N-dealkylation sites (N-methyl/N-ethyl adjacent to an activating group) is 1. The number of anilines is 2. The van der Waals surface area contributed by atoms with E-state index in [1.165, 1.54) is 6.33 Å². The molecule has 0 aliphatic carbocycles. The molecular formula is C20H26N8O. The molecule has 1 amide bonds. The van der Waals surface area contributed by atoms with Gasteiger partial charge in [-0.3, -0.25) is 4.79 Å². The summed E-state index contributed by atoms with van der Waals surface area (Å²) in [5, 5.41) is 7.13. The Hall–Kier alpha value is -3.07. The summed E-state index contributed by atoms with van der Waals surface area (Å²) in [6, 6.07) is 3.88. The Labute approximate surface area is 169 Å². The summed E-state index contributed by atoms with van der Waals surface area (Å²) < 4.78 is 1.71. The highest BCUT2D eigenvalue weighted by atomic mass is 16.1. The second kappa shape index (κ2) is 8.12. The van der Waals surface area contributed by atoms with E-state index in [9.17, 15) is 4.79 Å². The van der Waals surface area contributed by atoms with E-state index in [1.807, 2.05) is 26.0 Å². The predicted molar refractivity (Wildman–Crippen MR) is 111 cm³/mol. The minimum absolute atomic E-state index is 0.0448. The van der Waals surface area contributed by atoms with Crippen molar-refractivity contribution in [1.29, 1.82) is 0 Å². The average molecular weight is 394 g/mol. The quantitative estimate of drug-likeness (QED) is 0.700. The maximum Gasteiger partial charge on any atom is 0.252 e. The SMILES string of the molecule is Cc1nc2ncnn2c(C)c1CCC(=O)Nc1ccc(N2CCN(C)CC2)nc1. The lowest BCUT2D eigenvalue weighted by atomic mass is 10.1. The van der Waals surface area contributed by atoms with E-state index in [0.717, 1.165) is 48.9 Å². The Morgan fingerprint density at radius 3 is 2.66 bits per heavy atom. The second-order valence-corrected chi connectivity index (χ2v) is 7.48. The van der Waals surface area contributed by atoms with E-state index in [0.29, 0.717) is 24.3 Å². The number of piperazine rings is 1. The number of amides is 1. The molecular weight excluding hydrogens is 368 g/mol. The standard InChI is InChI=1S/C20H26N8O/c1-14-17(15(2)28-20(24-14)22-13-23-28)5-7-19(29)25-16-4-6-18(21-12-16)27-10-8-26(3)9-11-27/h4,6,12-13H,5,7-11H2,1-3H3,(H,25,29). The van der Waals surface area contributed by atoms with Crippen LogP contribution in [0.4, 0.5) is 11.5 Å². The number of aryl methyl sites for hydroxylation is 2. The van der Waals surface area contributed by atoms with Crippen LogP contribution in [0.3, 0.4) is 0 Å². The smallest absolute Gasteiger partial charge is 0.252 e. The van der Waals surface area contributed by atoms with Crippen LogP contribution in [0.25, 0.3) is 5.78 Å². The fourth-order valence-corrected chi connectivity index (χ4v) is 3.66. The topological polar surface area (TPSA) is 91.5 Å². The summed E-state index contributed by atoms with van der Waals surface area (Å²) in [5.41, 5.74) is 3.60. The zero-order valence-electron chi connectivity index (χ0n) is 17.1. The van der Waals surface area contributed by atoms with Gasteiger partial charge in [-0.1, -0.05) is 0 Å². The summed E-state index contributed by atoms with van der Waals surface area (Å²) in [7, 11) is 2.13. The van der Waals surface area contributed by atoms with Gasteiger partial charge in [0.25, 0.3) is 5.78 Å². The second-order valence-electron chi connectivity index (χ2n) is 7.48. The van der Waals surface area contributed by atoms with Crippen LogP contribution >= 0.6 is 0 Å². The van der Waals surface area contributed by atoms with Crippen molar-refractivity contribution in [2.24, 2.45) is 0 Å². The van der Waals surface area contributed by atoms with Crippen molar-refractivity contribution in [2.45, 2.75) is 26.7 Å². The molecule has 3 aromatic rings. The van der Waals surface area contributed by atoms with Gasteiger partial charge in [0.05, 0.1) is 11.9 Å².